The summed E-state index contributed by atoms with van der Waals surface area (Å²) in [6.45, 7) is 2.73. The van der Waals surface area contributed by atoms with Crippen LogP contribution in [0, 0.1) is 0 Å². The van der Waals surface area contributed by atoms with Crippen LogP contribution in [-0.4, -0.2) is 36.4 Å². The molecule has 4 rings (SSSR count). The number of carbonyl (C=O) groups is 2. The van der Waals surface area contributed by atoms with E-state index in [-0.39, 0.29) is 11.9 Å². The quantitative estimate of drug-likeness (QED) is 0.285. The molecule has 0 atom stereocenters. The zero-order chi connectivity index (χ0) is 23.2. The molecule has 0 bridgehead atoms. The van der Waals surface area contributed by atoms with Crippen molar-refractivity contribution in [1.82, 2.24) is 4.57 Å². The number of ether oxygens (including phenoxy) is 2. The number of aliphatic imine (C=N–C) groups is 1. The second-order valence-electron chi connectivity index (χ2n) is 7.45. The summed E-state index contributed by atoms with van der Waals surface area (Å²) in [7, 11) is 1.38. The van der Waals surface area contributed by atoms with Gasteiger partial charge in [0.15, 0.2) is 0 Å². The SMILES string of the molecule is CCOC(=O)c1ccc(N=Cc2cn(Cc3cccc(C(=O)OC)c3)c3ccccc23)cc1. The molecule has 4 aromatic rings. The zero-order valence-electron chi connectivity index (χ0n) is 18.5. The molecule has 6 nitrogen and oxygen atoms in total. The lowest BCUT2D eigenvalue weighted by atomic mass is 10.1. The molecular formula is C27H24N2O4. The summed E-state index contributed by atoms with van der Waals surface area (Å²) in [6.07, 6.45) is 3.87. The Morgan fingerprint density at radius 3 is 2.48 bits per heavy atom. The number of para-hydroxylation sites is 1. The second kappa shape index (κ2) is 9.96. The highest BCUT2D eigenvalue weighted by molar-refractivity contribution is 6.00. The number of hydrogen-bond donors (Lipinski definition) is 0. The average molecular weight is 440 g/mol. The Morgan fingerprint density at radius 1 is 0.939 bits per heavy atom. The van der Waals surface area contributed by atoms with Gasteiger partial charge in [0.1, 0.15) is 0 Å². The van der Waals surface area contributed by atoms with E-state index in [1.807, 2.05) is 42.7 Å². The Balaban J connectivity index is 1.60. The molecule has 0 saturated carbocycles. The standard InChI is InChI=1S/C27H24N2O4/c1-3-33-27(31)20-11-13-23(14-12-20)28-16-22-18-29(25-10-5-4-9-24(22)25)17-19-7-6-8-21(15-19)26(30)32-2/h4-16,18H,3,17H2,1-2H3. The molecule has 0 aliphatic heterocycles. The minimum Gasteiger partial charge on any atom is -0.465 e. The molecule has 0 amide bonds. The number of aromatic nitrogens is 1. The third-order valence-electron chi connectivity index (χ3n) is 5.25. The van der Waals surface area contributed by atoms with Crippen LogP contribution in [0.2, 0.25) is 0 Å². The first-order chi connectivity index (χ1) is 16.1. The predicted molar refractivity (Wildman–Crippen MR) is 128 cm³/mol. The summed E-state index contributed by atoms with van der Waals surface area (Å²) < 4.78 is 12.0. The van der Waals surface area contributed by atoms with Crippen molar-refractivity contribution in [3.8, 4) is 0 Å². The zero-order valence-corrected chi connectivity index (χ0v) is 18.5. The van der Waals surface area contributed by atoms with Gasteiger partial charge in [0.25, 0.3) is 0 Å². The van der Waals surface area contributed by atoms with E-state index in [9.17, 15) is 9.59 Å². The van der Waals surface area contributed by atoms with E-state index in [0.29, 0.717) is 24.3 Å². The van der Waals surface area contributed by atoms with E-state index < -0.39 is 0 Å². The van der Waals surface area contributed by atoms with Gasteiger partial charge in [-0.15, -0.1) is 0 Å². The van der Waals surface area contributed by atoms with Gasteiger partial charge in [-0.2, -0.15) is 0 Å². The van der Waals surface area contributed by atoms with Crippen molar-refractivity contribution in [3.63, 3.8) is 0 Å². The molecule has 0 N–H and O–H groups in total. The smallest absolute Gasteiger partial charge is 0.338 e. The van der Waals surface area contributed by atoms with Crippen molar-refractivity contribution >= 4 is 34.7 Å². The maximum absolute atomic E-state index is 11.9. The van der Waals surface area contributed by atoms with Crippen LogP contribution in [0.1, 0.15) is 38.8 Å². The summed E-state index contributed by atoms with van der Waals surface area (Å²) >= 11 is 0. The van der Waals surface area contributed by atoms with Gasteiger partial charge in [0.05, 0.1) is 30.5 Å². The third kappa shape index (κ3) is 5.01. The van der Waals surface area contributed by atoms with Crippen LogP contribution < -0.4 is 0 Å². The van der Waals surface area contributed by atoms with Crippen molar-refractivity contribution < 1.29 is 19.1 Å². The molecule has 3 aromatic carbocycles. The van der Waals surface area contributed by atoms with E-state index in [1.54, 1.807) is 37.3 Å². The van der Waals surface area contributed by atoms with Crippen LogP contribution in [0.5, 0.6) is 0 Å². The van der Waals surface area contributed by atoms with Crippen molar-refractivity contribution in [2.24, 2.45) is 4.99 Å². The van der Waals surface area contributed by atoms with Crippen LogP contribution in [0.4, 0.5) is 5.69 Å². The number of nitrogens with zero attached hydrogens (tertiary/aromatic N) is 2. The van der Waals surface area contributed by atoms with Gasteiger partial charge < -0.3 is 14.0 Å². The topological polar surface area (TPSA) is 69.9 Å². The fraction of sp³-hybridized carbons (Fsp3) is 0.148. The largest absolute Gasteiger partial charge is 0.465 e. The second-order valence-corrected chi connectivity index (χ2v) is 7.45. The monoisotopic (exact) mass is 440 g/mol. The van der Waals surface area contributed by atoms with Crippen LogP contribution in [0.15, 0.2) is 84.0 Å². The highest BCUT2D eigenvalue weighted by Gasteiger charge is 2.10. The number of rotatable bonds is 7. The number of carbonyl (C=O) groups excluding carboxylic acids is 2. The molecule has 0 fully saturated rings. The molecule has 0 aliphatic carbocycles. The van der Waals surface area contributed by atoms with E-state index in [1.165, 1.54) is 7.11 Å². The van der Waals surface area contributed by atoms with Gasteiger partial charge in [0, 0.05) is 35.4 Å². The van der Waals surface area contributed by atoms with Crippen molar-refractivity contribution in [2.75, 3.05) is 13.7 Å². The lowest BCUT2D eigenvalue weighted by molar-refractivity contribution is 0.0525. The molecule has 0 radical (unpaired) electrons. The third-order valence-corrected chi connectivity index (χ3v) is 5.25. The normalized spacial score (nSPS) is 11.1. The lowest BCUT2D eigenvalue weighted by Gasteiger charge is -2.07. The Bertz CT molecular complexity index is 1320. The molecule has 0 saturated heterocycles. The first-order valence-electron chi connectivity index (χ1n) is 10.7. The molecule has 33 heavy (non-hydrogen) atoms. The minimum atomic E-state index is -0.351. The fourth-order valence-electron chi connectivity index (χ4n) is 3.66. The van der Waals surface area contributed by atoms with E-state index in [0.717, 1.165) is 27.7 Å². The maximum Gasteiger partial charge on any atom is 0.338 e. The van der Waals surface area contributed by atoms with Crippen LogP contribution in [-0.2, 0) is 16.0 Å². The summed E-state index contributed by atoms with van der Waals surface area (Å²) in [5.74, 6) is -0.691. The maximum atomic E-state index is 11.9. The number of methoxy groups -OCH3 is 1. The van der Waals surface area contributed by atoms with E-state index >= 15 is 0 Å². The Morgan fingerprint density at radius 2 is 1.73 bits per heavy atom. The molecule has 1 aromatic heterocycles. The predicted octanol–water partition coefficient (Wildman–Crippen LogP) is 5.40. The number of hydrogen-bond acceptors (Lipinski definition) is 5. The van der Waals surface area contributed by atoms with Gasteiger partial charge >= 0.3 is 11.9 Å². The van der Waals surface area contributed by atoms with E-state index in [4.69, 9.17) is 9.47 Å². The van der Waals surface area contributed by atoms with Gasteiger partial charge in [-0.3, -0.25) is 4.99 Å². The fourth-order valence-corrected chi connectivity index (χ4v) is 3.66. The van der Waals surface area contributed by atoms with Crippen molar-refractivity contribution in [1.29, 1.82) is 0 Å². The number of esters is 2. The highest BCUT2D eigenvalue weighted by Crippen LogP contribution is 2.23. The molecule has 0 aliphatic rings. The molecule has 0 spiro atoms. The summed E-state index contributed by atoms with van der Waals surface area (Å²) in [6, 6.07) is 22.6. The Labute approximate surface area is 192 Å². The van der Waals surface area contributed by atoms with Gasteiger partial charge in [-0.1, -0.05) is 30.3 Å². The average Bonchev–Trinajstić information content (AvgIpc) is 3.20. The highest BCUT2D eigenvalue weighted by atomic mass is 16.5. The summed E-state index contributed by atoms with van der Waals surface area (Å²) in [4.78, 5) is 28.3. The number of benzene rings is 3. The van der Waals surface area contributed by atoms with E-state index in [2.05, 4.69) is 21.7 Å². The van der Waals surface area contributed by atoms with Crippen LogP contribution in [0.3, 0.4) is 0 Å². The van der Waals surface area contributed by atoms with Crippen molar-refractivity contribution in [2.45, 2.75) is 13.5 Å². The van der Waals surface area contributed by atoms with Crippen LogP contribution in [0.25, 0.3) is 10.9 Å². The van der Waals surface area contributed by atoms with Gasteiger partial charge in [-0.05, 0) is 55.0 Å². The molecule has 166 valence electrons. The van der Waals surface area contributed by atoms with Crippen molar-refractivity contribution in [3.05, 3.63) is 101 Å². The molecule has 1 heterocycles. The summed E-state index contributed by atoms with van der Waals surface area (Å²) in [5.41, 5.74) is 4.81. The number of fused-ring (bicyclic) bond motifs is 1. The Hall–Kier alpha value is -4.19. The van der Waals surface area contributed by atoms with Gasteiger partial charge in [-0.25, -0.2) is 9.59 Å². The first-order valence-corrected chi connectivity index (χ1v) is 10.7. The first kappa shape index (κ1) is 22.0. The minimum absolute atomic E-state index is 0.340. The molecule has 6 heteroatoms. The molecule has 0 unspecified atom stereocenters. The van der Waals surface area contributed by atoms with Crippen LogP contribution >= 0.6 is 0 Å². The Kier molecular flexibility index (Phi) is 6.64. The summed E-state index contributed by atoms with van der Waals surface area (Å²) in [5, 5.41) is 1.08. The van der Waals surface area contributed by atoms with Gasteiger partial charge in [0.2, 0.25) is 0 Å². The lowest BCUT2D eigenvalue weighted by Crippen LogP contribution is -2.03. The molecular weight excluding hydrogens is 416 g/mol.